The molecule has 1 saturated heterocycles. The van der Waals surface area contributed by atoms with Crippen molar-refractivity contribution in [1.82, 2.24) is 9.80 Å². The molecule has 1 aliphatic rings. The molecule has 3 rings (SSSR count). The number of carbonyl (C=O) groups is 1. The van der Waals surface area contributed by atoms with Gasteiger partial charge in [-0.15, -0.1) is 0 Å². The van der Waals surface area contributed by atoms with Gasteiger partial charge in [0.1, 0.15) is 5.82 Å². The van der Waals surface area contributed by atoms with E-state index < -0.39 is 0 Å². The van der Waals surface area contributed by atoms with Gasteiger partial charge in [0.05, 0.1) is 5.69 Å². The second-order valence-electron chi connectivity index (χ2n) is 7.50. The lowest BCUT2D eigenvalue weighted by Crippen LogP contribution is -2.39. The summed E-state index contributed by atoms with van der Waals surface area (Å²) in [6, 6.07) is 14.6. The molecule has 2 aromatic carbocycles. The van der Waals surface area contributed by atoms with Gasteiger partial charge in [-0.05, 0) is 50.7 Å². The van der Waals surface area contributed by atoms with Gasteiger partial charge in [0.25, 0.3) is 0 Å². The molecule has 2 aromatic rings. The molecule has 5 nitrogen and oxygen atoms in total. The van der Waals surface area contributed by atoms with E-state index in [9.17, 15) is 9.18 Å². The predicted molar refractivity (Wildman–Crippen MR) is 112 cm³/mol. The molecule has 0 unspecified atom stereocenters. The molecule has 0 saturated carbocycles. The number of nitrogens with one attached hydrogen (secondary N) is 1. The van der Waals surface area contributed by atoms with E-state index in [-0.39, 0.29) is 11.8 Å². The van der Waals surface area contributed by atoms with E-state index in [1.54, 1.807) is 17.0 Å². The van der Waals surface area contributed by atoms with Crippen LogP contribution in [-0.4, -0.2) is 56.1 Å². The van der Waals surface area contributed by atoms with Crippen LogP contribution in [0.3, 0.4) is 0 Å². The van der Waals surface area contributed by atoms with Crippen LogP contribution in [0.1, 0.15) is 18.4 Å². The minimum Gasteiger partial charge on any atom is -0.369 e. The molecule has 1 aliphatic heterocycles. The average Bonchev–Trinajstić information content (AvgIpc) is 3.20. The van der Waals surface area contributed by atoms with Crippen LogP contribution in [0.2, 0.25) is 0 Å². The molecular weight excluding hydrogens is 355 g/mol. The van der Waals surface area contributed by atoms with Crippen molar-refractivity contribution in [3.8, 4) is 0 Å². The van der Waals surface area contributed by atoms with Crippen LogP contribution < -0.4 is 10.2 Å². The molecule has 1 heterocycles. The number of carbonyl (C=O) groups excluding carboxylic acids is 1. The summed E-state index contributed by atoms with van der Waals surface area (Å²) in [5.74, 6) is -0.289. The molecule has 1 N–H and O–H groups in total. The van der Waals surface area contributed by atoms with Crippen LogP contribution in [0.15, 0.2) is 48.5 Å². The second-order valence-corrected chi connectivity index (χ2v) is 7.50. The summed E-state index contributed by atoms with van der Waals surface area (Å²) in [5.41, 5.74) is 2.16. The highest BCUT2D eigenvalue weighted by Gasteiger charge is 2.18. The maximum Gasteiger partial charge on any atom is 0.322 e. The molecule has 0 spiro atoms. The zero-order valence-corrected chi connectivity index (χ0v) is 16.7. The molecule has 0 radical (unpaired) electrons. The van der Waals surface area contributed by atoms with Crippen molar-refractivity contribution in [3.63, 3.8) is 0 Å². The molecule has 150 valence electrons. The van der Waals surface area contributed by atoms with E-state index in [4.69, 9.17) is 0 Å². The third kappa shape index (κ3) is 5.45. The van der Waals surface area contributed by atoms with Crippen molar-refractivity contribution in [1.29, 1.82) is 0 Å². The Labute approximate surface area is 166 Å². The Morgan fingerprint density at radius 2 is 1.79 bits per heavy atom. The quantitative estimate of drug-likeness (QED) is 0.784. The van der Waals surface area contributed by atoms with Crippen LogP contribution >= 0.6 is 0 Å². The standard InChI is InChI=1S/C22H29FN4O/c1-25(2)14-15-27(17-18-8-4-3-5-9-18)22(28)24-19-10-11-21(20(23)16-19)26-12-6-7-13-26/h3-5,8-11,16H,6-7,12-15,17H2,1-2H3,(H,24,28). The lowest BCUT2D eigenvalue weighted by molar-refractivity contribution is 0.202. The Kier molecular flexibility index (Phi) is 6.87. The van der Waals surface area contributed by atoms with Gasteiger partial charge in [0.15, 0.2) is 0 Å². The number of amides is 2. The van der Waals surface area contributed by atoms with E-state index in [1.807, 2.05) is 49.3 Å². The van der Waals surface area contributed by atoms with Crippen molar-refractivity contribution in [2.45, 2.75) is 19.4 Å². The second kappa shape index (κ2) is 9.55. The topological polar surface area (TPSA) is 38.8 Å². The first-order chi connectivity index (χ1) is 13.5. The lowest BCUT2D eigenvalue weighted by Gasteiger charge is -2.25. The van der Waals surface area contributed by atoms with E-state index >= 15 is 0 Å². The number of hydrogen-bond acceptors (Lipinski definition) is 3. The zero-order chi connectivity index (χ0) is 19.9. The molecule has 2 amide bonds. The summed E-state index contributed by atoms with van der Waals surface area (Å²) < 4.78 is 14.5. The lowest BCUT2D eigenvalue weighted by atomic mass is 10.2. The number of halogens is 1. The van der Waals surface area contributed by atoms with Crippen LogP contribution in [0.5, 0.6) is 0 Å². The van der Waals surface area contributed by atoms with Gasteiger partial charge in [0.2, 0.25) is 0 Å². The number of nitrogens with zero attached hydrogens (tertiary/aromatic N) is 3. The van der Waals surface area contributed by atoms with Gasteiger partial charge in [-0.1, -0.05) is 30.3 Å². The van der Waals surface area contributed by atoms with E-state index in [2.05, 4.69) is 10.2 Å². The number of likely N-dealkylation sites (N-methyl/N-ethyl adjacent to an activating group) is 1. The summed E-state index contributed by atoms with van der Waals surface area (Å²) in [6.07, 6.45) is 2.19. The fourth-order valence-electron chi connectivity index (χ4n) is 3.38. The summed E-state index contributed by atoms with van der Waals surface area (Å²) in [7, 11) is 3.95. The molecule has 0 aromatic heterocycles. The number of hydrogen-bond donors (Lipinski definition) is 1. The van der Waals surface area contributed by atoms with Crippen LogP contribution in [-0.2, 0) is 6.54 Å². The van der Waals surface area contributed by atoms with Crippen LogP contribution in [0.4, 0.5) is 20.6 Å². The summed E-state index contributed by atoms with van der Waals surface area (Å²) in [4.78, 5) is 18.7. The van der Waals surface area contributed by atoms with Gasteiger partial charge in [-0.2, -0.15) is 0 Å². The Morgan fingerprint density at radius 1 is 1.07 bits per heavy atom. The molecule has 1 fully saturated rings. The molecular formula is C22H29FN4O. The fraction of sp³-hybridized carbons (Fsp3) is 0.409. The summed E-state index contributed by atoms with van der Waals surface area (Å²) >= 11 is 0. The number of urea groups is 1. The van der Waals surface area contributed by atoms with E-state index in [0.717, 1.165) is 38.0 Å². The zero-order valence-electron chi connectivity index (χ0n) is 16.7. The number of anilines is 2. The highest BCUT2D eigenvalue weighted by Crippen LogP contribution is 2.26. The smallest absolute Gasteiger partial charge is 0.322 e. The monoisotopic (exact) mass is 384 g/mol. The molecule has 0 atom stereocenters. The SMILES string of the molecule is CN(C)CCN(Cc1ccccc1)C(=O)Nc1ccc(N2CCCC2)c(F)c1. The van der Waals surface area contributed by atoms with Crippen molar-refractivity contribution in [2.24, 2.45) is 0 Å². The molecule has 0 bridgehead atoms. The van der Waals surface area contributed by atoms with Crippen molar-refractivity contribution >= 4 is 17.4 Å². The van der Waals surface area contributed by atoms with E-state index in [0.29, 0.717) is 24.5 Å². The third-order valence-corrected chi connectivity index (χ3v) is 4.97. The van der Waals surface area contributed by atoms with E-state index in [1.165, 1.54) is 6.07 Å². The first kappa shape index (κ1) is 20.1. The fourth-order valence-corrected chi connectivity index (χ4v) is 3.38. The number of rotatable bonds is 7. The van der Waals surface area contributed by atoms with Crippen molar-refractivity contribution in [3.05, 3.63) is 59.9 Å². The minimum atomic E-state index is -0.289. The first-order valence-electron chi connectivity index (χ1n) is 9.82. The number of benzene rings is 2. The highest BCUT2D eigenvalue weighted by molar-refractivity contribution is 5.89. The Balaban J connectivity index is 1.68. The maximum absolute atomic E-state index is 14.5. The first-order valence-corrected chi connectivity index (χ1v) is 9.82. The molecule has 28 heavy (non-hydrogen) atoms. The van der Waals surface area contributed by atoms with Gasteiger partial charge < -0.3 is 20.0 Å². The largest absolute Gasteiger partial charge is 0.369 e. The maximum atomic E-state index is 14.5. The van der Waals surface area contributed by atoms with Crippen molar-refractivity contribution in [2.75, 3.05) is 50.5 Å². The van der Waals surface area contributed by atoms with Gasteiger partial charge in [-0.3, -0.25) is 0 Å². The highest BCUT2D eigenvalue weighted by atomic mass is 19.1. The average molecular weight is 384 g/mol. The minimum absolute atomic E-state index is 0.223. The molecule has 6 heteroatoms. The Bertz CT molecular complexity index is 775. The summed E-state index contributed by atoms with van der Waals surface area (Å²) in [6.45, 7) is 3.62. The van der Waals surface area contributed by atoms with Gasteiger partial charge in [-0.25, -0.2) is 9.18 Å². The normalized spacial score (nSPS) is 13.8. The summed E-state index contributed by atoms with van der Waals surface area (Å²) in [5, 5.41) is 2.85. The Morgan fingerprint density at radius 3 is 2.43 bits per heavy atom. The Hall–Kier alpha value is -2.60. The van der Waals surface area contributed by atoms with Crippen LogP contribution in [0, 0.1) is 5.82 Å². The van der Waals surface area contributed by atoms with Crippen LogP contribution in [0.25, 0.3) is 0 Å². The predicted octanol–water partition coefficient (Wildman–Crippen LogP) is 4.02. The van der Waals surface area contributed by atoms with Gasteiger partial charge in [0, 0.05) is 38.4 Å². The third-order valence-electron chi connectivity index (χ3n) is 4.97. The van der Waals surface area contributed by atoms with Crippen molar-refractivity contribution < 1.29 is 9.18 Å². The van der Waals surface area contributed by atoms with Gasteiger partial charge >= 0.3 is 6.03 Å². The molecule has 0 aliphatic carbocycles.